The Bertz CT molecular complexity index is 639. The van der Waals surface area contributed by atoms with Gasteiger partial charge in [-0.3, -0.25) is 14.3 Å². The fourth-order valence-corrected chi connectivity index (χ4v) is 3.07. The highest BCUT2D eigenvalue weighted by atomic mass is 19.4. The summed E-state index contributed by atoms with van der Waals surface area (Å²) in [6.07, 6.45) is -1.95. The van der Waals surface area contributed by atoms with Gasteiger partial charge in [0.15, 0.2) is 0 Å². The number of hydrogen-bond donors (Lipinski definition) is 1. The second-order valence-corrected chi connectivity index (χ2v) is 6.35. The number of nitrogens with zero attached hydrogens (tertiary/aromatic N) is 4. The third-order valence-corrected chi connectivity index (χ3v) is 4.26. The smallest absolute Gasteiger partial charge is 0.336 e. The number of likely N-dealkylation sites (tertiary alicyclic amines) is 2. The molecule has 0 radical (unpaired) electrons. The van der Waals surface area contributed by atoms with Crippen LogP contribution in [0.3, 0.4) is 0 Å². The molecule has 24 heavy (non-hydrogen) atoms. The van der Waals surface area contributed by atoms with Crippen molar-refractivity contribution >= 4 is 17.5 Å². The van der Waals surface area contributed by atoms with E-state index in [2.05, 4.69) is 15.3 Å². The molecule has 0 aliphatic carbocycles. The van der Waals surface area contributed by atoms with Crippen LogP contribution in [0.25, 0.3) is 0 Å². The molecular formula is C14H18F3N5O2. The largest absolute Gasteiger partial charge is 0.408 e. The monoisotopic (exact) mass is 345 g/mol. The molecule has 1 aromatic heterocycles. The lowest BCUT2D eigenvalue weighted by Crippen LogP contribution is -2.58. The van der Waals surface area contributed by atoms with Crippen LogP contribution in [0.1, 0.15) is 6.42 Å². The number of alkyl halides is 3. The van der Waals surface area contributed by atoms with Crippen LogP contribution in [0.5, 0.6) is 0 Å². The van der Waals surface area contributed by atoms with E-state index in [1.54, 1.807) is 4.90 Å². The van der Waals surface area contributed by atoms with Crippen molar-refractivity contribution in [2.24, 2.45) is 5.92 Å². The number of amides is 2. The van der Waals surface area contributed by atoms with Crippen molar-refractivity contribution in [1.82, 2.24) is 19.6 Å². The molecule has 2 amide bonds. The predicted octanol–water partition coefficient (Wildman–Crippen LogP) is 0.546. The van der Waals surface area contributed by atoms with E-state index in [9.17, 15) is 22.8 Å². The summed E-state index contributed by atoms with van der Waals surface area (Å²) >= 11 is 0. The topological polar surface area (TPSA) is 70.5 Å². The number of aromatic nitrogens is 2. The van der Waals surface area contributed by atoms with Gasteiger partial charge in [0.05, 0.1) is 23.8 Å². The van der Waals surface area contributed by atoms with Gasteiger partial charge < -0.3 is 15.1 Å². The van der Waals surface area contributed by atoms with Crippen LogP contribution in [0.15, 0.2) is 12.4 Å². The minimum atomic E-state index is -4.37. The summed E-state index contributed by atoms with van der Waals surface area (Å²) in [5.74, 6) is -0.916. The van der Waals surface area contributed by atoms with Crippen molar-refractivity contribution in [3.63, 3.8) is 0 Å². The van der Waals surface area contributed by atoms with Gasteiger partial charge in [0.2, 0.25) is 11.8 Å². The Kier molecular flexibility index (Phi) is 4.24. The minimum Gasteiger partial charge on any atom is -0.336 e. The van der Waals surface area contributed by atoms with Crippen LogP contribution < -0.4 is 5.32 Å². The Morgan fingerprint density at radius 3 is 2.71 bits per heavy atom. The number of rotatable bonds is 4. The molecule has 0 aromatic carbocycles. The number of nitrogens with one attached hydrogen (secondary N) is 1. The molecule has 2 aliphatic rings. The highest BCUT2D eigenvalue weighted by Crippen LogP contribution is 2.25. The van der Waals surface area contributed by atoms with Gasteiger partial charge in [0.1, 0.15) is 6.54 Å². The summed E-state index contributed by atoms with van der Waals surface area (Å²) < 4.78 is 37.6. The van der Waals surface area contributed by atoms with Crippen LogP contribution in [0, 0.1) is 5.92 Å². The lowest BCUT2D eigenvalue weighted by Gasteiger charge is -2.42. The first kappa shape index (κ1) is 16.7. The van der Waals surface area contributed by atoms with E-state index in [0.29, 0.717) is 11.2 Å². The molecule has 7 nitrogen and oxygen atoms in total. The maximum Gasteiger partial charge on any atom is 0.408 e. The Morgan fingerprint density at radius 1 is 1.38 bits per heavy atom. The zero-order valence-corrected chi connectivity index (χ0v) is 13.1. The predicted molar refractivity (Wildman–Crippen MR) is 78.0 cm³/mol. The van der Waals surface area contributed by atoms with E-state index in [0.717, 1.165) is 19.3 Å². The van der Waals surface area contributed by atoms with Gasteiger partial charge in [-0.25, -0.2) is 0 Å². The third kappa shape index (κ3) is 3.69. The molecular weight excluding hydrogens is 327 g/mol. The molecule has 0 saturated carbocycles. The lowest BCUT2D eigenvalue weighted by atomic mass is 10.1. The van der Waals surface area contributed by atoms with Crippen molar-refractivity contribution in [3.8, 4) is 0 Å². The first-order valence-electron chi connectivity index (χ1n) is 7.59. The summed E-state index contributed by atoms with van der Waals surface area (Å²) in [5.41, 5.74) is 0.193. The van der Waals surface area contributed by atoms with Gasteiger partial charge in [0.25, 0.3) is 0 Å². The summed E-state index contributed by atoms with van der Waals surface area (Å²) in [6, 6.07) is 0.148. The van der Waals surface area contributed by atoms with Gasteiger partial charge >= 0.3 is 6.18 Å². The van der Waals surface area contributed by atoms with Crippen LogP contribution in [-0.4, -0.2) is 70.3 Å². The van der Waals surface area contributed by atoms with E-state index in [1.165, 1.54) is 6.20 Å². The van der Waals surface area contributed by atoms with Crippen molar-refractivity contribution < 1.29 is 22.8 Å². The van der Waals surface area contributed by atoms with Gasteiger partial charge in [-0.2, -0.15) is 18.3 Å². The second kappa shape index (κ2) is 6.08. The average Bonchev–Trinajstić information content (AvgIpc) is 3.00. The van der Waals surface area contributed by atoms with Crippen LogP contribution in [-0.2, 0) is 16.1 Å². The molecule has 132 valence electrons. The number of halogens is 3. The van der Waals surface area contributed by atoms with E-state index >= 15 is 0 Å². The maximum absolute atomic E-state index is 12.3. The molecule has 1 unspecified atom stereocenters. The molecule has 1 aromatic rings. The second-order valence-electron chi connectivity index (χ2n) is 6.35. The summed E-state index contributed by atoms with van der Waals surface area (Å²) in [4.78, 5) is 28.1. The van der Waals surface area contributed by atoms with Crippen molar-refractivity contribution in [2.45, 2.75) is 25.2 Å². The van der Waals surface area contributed by atoms with Crippen LogP contribution in [0.2, 0.25) is 0 Å². The summed E-state index contributed by atoms with van der Waals surface area (Å²) in [5, 5.41) is 6.11. The zero-order valence-electron chi connectivity index (χ0n) is 13.1. The molecule has 1 N–H and O–H groups in total. The number of likely N-dealkylation sites (N-methyl/N-ethyl adjacent to an activating group) is 1. The van der Waals surface area contributed by atoms with Crippen LogP contribution >= 0.6 is 0 Å². The SMILES string of the molecule is CN1CC(N2CC(C(=O)Nc3cnn(CC(F)(F)F)c3)CC2=O)C1. The molecule has 3 heterocycles. The fourth-order valence-electron chi connectivity index (χ4n) is 3.07. The maximum atomic E-state index is 12.3. The zero-order chi connectivity index (χ0) is 17.5. The van der Waals surface area contributed by atoms with Crippen molar-refractivity contribution in [1.29, 1.82) is 0 Å². The van der Waals surface area contributed by atoms with E-state index in [1.807, 2.05) is 7.05 Å². The molecule has 2 fully saturated rings. The number of carbonyl (C=O) groups is 2. The molecule has 1 atom stereocenters. The molecule has 2 aliphatic heterocycles. The Morgan fingerprint density at radius 2 is 2.08 bits per heavy atom. The fraction of sp³-hybridized carbons (Fsp3) is 0.643. The summed E-state index contributed by atoms with van der Waals surface area (Å²) in [6.45, 7) is 0.724. The first-order valence-corrected chi connectivity index (χ1v) is 7.59. The van der Waals surface area contributed by atoms with Gasteiger partial charge in [-0.1, -0.05) is 0 Å². The van der Waals surface area contributed by atoms with Gasteiger partial charge in [-0.15, -0.1) is 0 Å². The third-order valence-electron chi connectivity index (χ3n) is 4.26. The molecule has 0 bridgehead atoms. The lowest BCUT2D eigenvalue weighted by molar-refractivity contribution is -0.142. The average molecular weight is 345 g/mol. The standard InChI is InChI=1S/C14H18F3N5O2/c1-20-6-11(7-20)22-4-9(2-12(22)23)13(24)19-10-3-18-21(5-10)8-14(15,16)17/h3,5,9,11H,2,4,6-8H2,1H3,(H,19,24). The molecule has 0 spiro atoms. The Hall–Kier alpha value is -2.10. The quantitative estimate of drug-likeness (QED) is 0.865. The summed E-state index contributed by atoms with van der Waals surface area (Å²) in [7, 11) is 1.96. The normalized spacial score (nSPS) is 22.8. The number of hydrogen-bond acceptors (Lipinski definition) is 4. The molecule has 2 saturated heterocycles. The molecule has 3 rings (SSSR count). The van der Waals surface area contributed by atoms with E-state index < -0.39 is 18.6 Å². The highest BCUT2D eigenvalue weighted by molar-refractivity contribution is 5.97. The van der Waals surface area contributed by atoms with E-state index in [-0.39, 0.29) is 30.0 Å². The number of anilines is 1. The molecule has 10 heteroatoms. The van der Waals surface area contributed by atoms with E-state index in [4.69, 9.17) is 0 Å². The Labute approximate surface area is 136 Å². The van der Waals surface area contributed by atoms with Gasteiger partial charge in [-0.05, 0) is 7.05 Å². The number of carbonyl (C=O) groups excluding carboxylic acids is 2. The van der Waals surface area contributed by atoms with Crippen molar-refractivity contribution in [2.75, 3.05) is 32.0 Å². The Balaban J connectivity index is 1.55. The van der Waals surface area contributed by atoms with Crippen molar-refractivity contribution in [3.05, 3.63) is 12.4 Å². The first-order chi connectivity index (χ1) is 11.2. The van der Waals surface area contributed by atoms with Crippen LogP contribution in [0.4, 0.5) is 18.9 Å². The minimum absolute atomic E-state index is 0.0546. The highest BCUT2D eigenvalue weighted by Gasteiger charge is 2.41. The van der Waals surface area contributed by atoms with Gasteiger partial charge in [0, 0.05) is 32.3 Å².